The molecule has 0 aliphatic carbocycles. The lowest BCUT2D eigenvalue weighted by molar-refractivity contribution is -0.117. The van der Waals surface area contributed by atoms with Crippen molar-refractivity contribution in [1.82, 2.24) is 25.4 Å². The van der Waals surface area contributed by atoms with Gasteiger partial charge in [-0.2, -0.15) is 5.10 Å². The van der Waals surface area contributed by atoms with E-state index in [-0.39, 0.29) is 18.5 Å². The van der Waals surface area contributed by atoms with Crippen molar-refractivity contribution < 1.29 is 9.53 Å². The second-order valence-corrected chi connectivity index (χ2v) is 7.56. The van der Waals surface area contributed by atoms with Crippen LogP contribution in [0.25, 0.3) is 0 Å². The highest BCUT2D eigenvalue weighted by Gasteiger charge is 2.25. The smallest absolute Gasteiger partial charge is 0.248 e. The number of anilines is 1. The SMILES string of the molecule is CCNC(=NCC(=O)N1CCc2ccccc21)NC1CCc2nc(COC)nn2C1. The maximum Gasteiger partial charge on any atom is 0.248 e. The molecule has 4 rings (SSSR count). The summed E-state index contributed by atoms with van der Waals surface area (Å²) in [5, 5.41) is 11.2. The summed E-state index contributed by atoms with van der Waals surface area (Å²) >= 11 is 0. The second kappa shape index (κ2) is 9.25. The van der Waals surface area contributed by atoms with Crippen LogP contribution >= 0.6 is 0 Å². The number of nitrogens with one attached hydrogen (secondary N) is 2. The lowest BCUT2D eigenvalue weighted by Crippen LogP contribution is -2.47. The number of amides is 1. The molecule has 30 heavy (non-hydrogen) atoms. The van der Waals surface area contributed by atoms with E-state index in [1.165, 1.54) is 5.56 Å². The van der Waals surface area contributed by atoms with Gasteiger partial charge >= 0.3 is 0 Å². The zero-order valence-corrected chi connectivity index (χ0v) is 17.6. The van der Waals surface area contributed by atoms with Crippen LogP contribution in [-0.4, -0.2) is 59.4 Å². The minimum Gasteiger partial charge on any atom is -0.377 e. The molecule has 0 saturated carbocycles. The van der Waals surface area contributed by atoms with Crippen LogP contribution < -0.4 is 15.5 Å². The summed E-state index contributed by atoms with van der Waals surface area (Å²) in [6.45, 7) is 4.71. The first-order valence-corrected chi connectivity index (χ1v) is 10.5. The van der Waals surface area contributed by atoms with Gasteiger partial charge in [-0.1, -0.05) is 18.2 Å². The van der Waals surface area contributed by atoms with Gasteiger partial charge in [0, 0.05) is 38.3 Å². The van der Waals surface area contributed by atoms with Gasteiger partial charge in [0.1, 0.15) is 19.0 Å². The molecule has 0 spiro atoms. The van der Waals surface area contributed by atoms with Gasteiger partial charge in [-0.15, -0.1) is 0 Å². The predicted octanol–water partition coefficient (Wildman–Crippen LogP) is 0.884. The molecule has 160 valence electrons. The van der Waals surface area contributed by atoms with E-state index in [1.807, 2.05) is 34.7 Å². The Kier molecular flexibility index (Phi) is 6.27. The number of fused-ring (bicyclic) bond motifs is 2. The van der Waals surface area contributed by atoms with Crippen LogP contribution in [-0.2, 0) is 35.5 Å². The molecule has 9 heteroatoms. The molecule has 1 atom stereocenters. The number of benzene rings is 1. The van der Waals surface area contributed by atoms with E-state index in [0.717, 1.165) is 43.9 Å². The monoisotopic (exact) mass is 411 g/mol. The quantitative estimate of drug-likeness (QED) is 0.541. The molecule has 0 radical (unpaired) electrons. The van der Waals surface area contributed by atoms with Crippen molar-refractivity contribution in [3.8, 4) is 0 Å². The van der Waals surface area contributed by atoms with Crippen LogP contribution in [0.15, 0.2) is 29.3 Å². The highest BCUT2D eigenvalue weighted by Crippen LogP contribution is 2.27. The van der Waals surface area contributed by atoms with Gasteiger partial charge in [0.15, 0.2) is 11.8 Å². The van der Waals surface area contributed by atoms with Gasteiger partial charge in [-0.05, 0) is 31.4 Å². The number of rotatable bonds is 6. The Morgan fingerprint density at radius 1 is 1.33 bits per heavy atom. The van der Waals surface area contributed by atoms with Crippen molar-refractivity contribution in [3.63, 3.8) is 0 Å². The third kappa shape index (κ3) is 4.46. The topological polar surface area (TPSA) is 96.7 Å². The summed E-state index contributed by atoms with van der Waals surface area (Å²) in [5.74, 6) is 2.38. The number of aliphatic imine (C=N–C) groups is 1. The number of carbonyl (C=O) groups is 1. The van der Waals surface area contributed by atoms with E-state index in [1.54, 1.807) is 7.11 Å². The first-order chi connectivity index (χ1) is 14.7. The van der Waals surface area contributed by atoms with Gasteiger partial charge in [0.2, 0.25) is 5.91 Å². The number of carbonyl (C=O) groups excluding carboxylic acids is 1. The molecular weight excluding hydrogens is 382 g/mol. The molecule has 0 fully saturated rings. The summed E-state index contributed by atoms with van der Waals surface area (Å²) in [6, 6.07) is 8.25. The molecule has 2 aliphatic heterocycles. The average molecular weight is 412 g/mol. The van der Waals surface area contributed by atoms with Crippen LogP contribution in [0.1, 0.15) is 30.6 Å². The number of methoxy groups -OCH3 is 1. The summed E-state index contributed by atoms with van der Waals surface area (Å²) in [4.78, 5) is 23.7. The van der Waals surface area contributed by atoms with Crippen molar-refractivity contribution in [1.29, 1.82) is 0 Å². The molecule has 1 unspecified atom stereocenters. The molecule has 1 aromatic heterocycles. The van der Waals surface area contributed by atoms with Gasteiger partial charge in [0.05, 0.1) is 6.54 Å². The molecular formula is C21H29N7O2. The van der Waals surface area contributed by atoms with E-state index in [0.29, 0.717) is 24.9 Å². The van der Waals surface area contributed by atoms with Crippen LogP contribution in [0.5, 0.6) is 0 Å². The van der Waals surface area contributed by atoms with E-state index in [2.05, 4.69) is 31.8 Å². The summed E-state index contributed by atoms with van der Waals surface area (Å²) in [7, 11) is 1.64. The third-order valence-corrected chi connectivity index (χ3v) is 5.42. The number of guanidine groups is 1. The summed E-state index contributed by atoms with van der Waals surface area (Å²) in [5.41, 5.74) is 2.23. The molecule has 1 amide bonds. The minimum atomic E-state index is 0.0172. The maximum absolute atomic E-state index is 12.8. The second-order valence-electron chi connectivity index (χ2n) is 7.56. The van der Waals surface area contributed by atoms with Crippen LogP contribution in [0.3, 0.4) is 0 Å². The van der Waals surface area contributed by atoms with Crippen molar-refractivity contribution in [2.75, 3.05) is 31.6 Å². The van der Waals surface area contributed by atoms with E-state index in [4.69, 9.17) is 4.74 Å². The van der Waals surface area contributed by atoms with Gasteiger partial charge in [-0.3, -0.25) is 4.79 Å². The molecule has 0 saturated heterocycles. The number of aromatic nitrogens is 3. The fourth-order valence-corrected chi connectivity index (χ4v) is 4.01. The molecule has 0 bridgehead atoms. The molecule has 3 heterocycles. The Morgan fingerprint density at radius 2 is 2.20 bits per heavy atom. The third-order valence-electron chi connectivity index (χ3n) is 5.42. The van der Waals surface area contributed by atoms with Gasteiger partial charge < -0.3 is 20.3 Å². The van der Waals surface area contributed by atoms with E-state index < -0.39 is 0 Å². The number of aryl methyl sites for hydroxylation is 1. The lowest BCUT2D eigenvalue weighted by Gasteiger charge is -2.25. The highest BCUT2D eigenvalue weighted by molar-refractivity contribution is 5.98. The van der Waals surface area contributed by atoms with E-state index in [9.17, 15) is 4.79 Å². The van der Waals surface area contributed by atoms with Crippen LogP contribution in [0.4, 0.5) is 5.69 Å². The zero-order chi connectivity index (χ0) is 20.9. The number of ether oxygens (including phenoxy) is 1. The normalized spacial score (nSPS) is 18.1. The Hall–Kier alpha value is -2.94. The molecule has 2 aromatic rings. The Morgan fingerprint density at radius 3 is 3.03 bits per heavy atom. The Balaban J connectivity index is 1.38. The zero-order valence-electron chi connectivity index (χ0n) is 17.6. The highest BCUT2D eigenvalue weighted by atomic mass is 16.5. The van der Waals surface area contributed by atoms with Crippen molar-refractivity contribution in [3.05, 3.63) is 41.5 Å². The molecule has 1 aromatic carbocycles. The minimum absolute atomic E-state index is 0.0172. The lowest BCUT2D eigenvalue weighted by atomic mass is 10.1. The Bertz CT molecular complexity index is 924. The summed E-state index contributed by atoms with van der Waals surface area (Å²) in [6.07, 6.45) is 2.68. The standard InChI is InChI=1S/C21H29N7O2/c1-3-22-21(23-12-20(29)27-11-10-15-6-4-5-7-17(15)27)24-16-8-9-19-25-18(14-30-2)26-28(19)13-16/h4-7,16H,3,8-14H2,1-2H3,(H2,22,23,24). The van der Waals surface area contributed by atoms with Crippen molar-refractivity contribution in [2.24, 2.45) is 4.99 Å². The summed E-state index contributed by atoms with van der Waals surface area (Å²) < 4.78 is 7.06. The number of para-hydroxylation sites is 1. The largest absolute Gasteiger partial charge is 0.377 e. The van der Waals surface area contributed by atoms with Gasteiger partial charge in [-0.25, -0.2) is 14.7 Å². The van der Waals surface area contributed by atoms with Crippen molar-refractivity contribution in [2.45, 2.75) is 45.4 Å². The number of hydrogen-bond acceptors (Lipinski definition) is 5. The average Bonchev–Trinajstić information content (AvgIpc) is 3.35. The fraction of sp³-hybridized carbons (Fsp3) is 0.524. The first kappa shape index (κ1) is 20.3. The fourth-order valence-electron chi connectivity index (χ4n) is 4.01. The Labute approximate surface area is 176 Å². The number of nitrogens with zero attached hydrogens (tertiary/aromatic N) is 5. The molecule has 9 nitrogen and oxygen atoms in total. The van der Waals surface area contributed by atoms with Gasteiger partial charge in [0.25, 0.3) is 0 Å². The molecule has 2 N–H and O–H groups in total. The van der Waals surface area contributed by atoms with E-state index >= 15 is 0 Å². The molecule has 2 aliphatic rings. The predicted molar refractivity (Wildman–Crippen MR) is 114 cm³/mol. The van der Waals surface area contributed by atoms with Crippen molar-refractivity contribution >= 4 is 17.6 Å². The van der Waals surface area contributed by atoms with Crippen LogP contribution in [0.2, 0.25) is 0 Å². The number of hydrogen-bond donors (Lipinski definition) is 2. The van der Waals surface area contributed by atoms with Crippen LogP contribution in [0, 0.1) is 0 Å². The first-order valence-electron chi connectivity index (χ1n) is 10.5. The maximum atomic E-state index is 12.8.